The molecule has 0 aliphatic carbocycles. The Morgan fingerprint density at radius 3 is 2.95 bits per heavy atom. The van der Waals surface area contributed by atoms with Crippen molar-refractivity contribution >= 4 is 5.91 Å². The van der Waals surface area contributed by atoms with Gasteiger partial charge in [0.25, 0.3) is 5.91 Å². The molecule has 1 amide bonds. The maximum Gasteiger partial charge on any atom is 0.257 e. The summed E-state index contributed by atoms with van der Waals surface area (Å²) in [5.74, 6) is 0.0468. The third-order valence-corrected chi connectivity index (χ3v) is 3.77. The number of likely N-dealkylation sites (N-methyl/N-ethyl adjacent to an activating group) is 1. The van der Waals surface area contributed by atoms with Gasteiger partial charge in [-0.3, -0.25) is 14.7 Å². The molecule has 0 saturated carbocycles. The van der Waals surface area contributed by atoms with E-state index in [1.807, 2.05) is 11.9 Å². The minimum Gasteiger partial charge on any atom is -0.338 e. The topological polar surface area (TPSA) is 75.4 Å². The number of carbonyl (C=O) groups excluding carboxylic acids is 1. The average Bonchev–Trinajstić information content (AvgIpc) is 2.94. The van der Waals surface area contributed by atoms with Crippen molar-refractivity contribution in [2.75, 3.05) is 26.7 Å². The van der Waals surface area contributed by atoms with E-state index in [2.05, 4.69) is 15.1 Å². The van der Waals surface area contributed by atoms with Gasteiger partial charge in [-0.15, -0.1) is 0 Å². The maximum atomic E-state index is 13.7. The van der Waals surface area contributed by atoms with Crippen LogP contribution in [0.5, 0.6) is 0 Å². The summed E-state index contributed by atoms with van der Waals surface area (Å²) in [6.07, 6.45) is 2.45. The van der Waals surface area contributed by atoms with E-state index >= 15 is 0 Å². The van der Waals surface area contributed by atoms with Crippen LogP contribution in [0.15, 0.2) is 23.0 Å². The van der Waals surface area contributed by atoms with E-state index in [9.17, 15) is 9.18 Å². The van der Waals surface area contributed by atoms with Gasteiger partial charge in [0.1, 0.15) is 6.04 Å². The number of rotatable bonds is 2. The van der Waals surface area contributed by atoms with Gasteiger partial charge in [-0.2, -0.15) is 4.98 Å². The van der Waals surface area contributed by atoms with Gasteiger partial charge >= 0.3 is 0 Å². The predicted molar refractivity (Wildman–Crippen MR) is 74.5 cm³/mol. The summed E-state index contributed by atoms with van der Waals surface area (Å²) in [4.78, 5) is 24.0. The second kappa shape index (κ2) is 5.80. The van der Waals surface area contributed by atoms with E-state index in [0.717, 1.165) is 6.20 Å². The third-order valence-electron chi connectivity index (χ3n) is 3.77. The Hall–Kier alpha value is -2.35. The number of aromatic nitrogens is 3. The standard InChI is InChI=1S/C14H16FN5O2/c1-9-17-13(22-18-9)12-8-20(6-5-19(12)2)14(21)10-3-4-16-7-11(10)15/h3-4,7,12H,5-6,8H2,1-2H3/t12-/m0/s1. The van der Waals surface area contributed by atoms with Crippen molar-refractivity contribution in [2.45, 2.75) is 13.0 Å². The minimum absolute atomic E-state index is 0.0278. The Balaban J connectivity index is 1.81. The molecular formula is C14H16FN5O2. The van der Waals surface area contributed by atoms with Crippen molar-refractivity contribution in [1.82, 2.24) is 24.9 Å². The van der Waals surface area contributed by atoms with Crippen molar-refractivity contribution in [2.24, 2.45) is 0 Å². The lowest BCUT2D eigenvalue weighted by molar-refractivity contribution is 0.0485. The Bertz CT molecular complexity index is 689. The molecule has 22 heavy (non-hydrogen) atoms. The zero-order chi connectivity index (χ0) is 15.7. The highest BCUT2D eigenvalue weighted by Gasteiger charge is 2.33. The fourth-order valence-electron chi connectivity index (χ4n) is 2.49. The normalized spacial score (nSPS) is 19.4. The summed E-state index contributed by atoms with van der Waals surface area (Å²) in [5, 5.41) is 3.78. The first-order valence-electron chi connectivity index (χ1n) is 6.95. The van der Waals surface area contributed by atoms with Crippen LogP contribution in [0.3, 0.4) is 0 Å². The molecule has 0 N–H and O–H groups in total. The quantitative estimate of drug-likeness (QED) is 0.825. The fraction of sp³-hybridized carbons (Fsp3) is 0.429. The number of nitrogens with zero attached hydrogens (tertiary/aromatic N) is 5. The summed E-state index contributed by atoms with van der Waals surface area (Å²) in [6, 6.07) is 1.20. The van der Waals surface area contributed by atoms with E-state index in [4.69, 9.17) is 4.52 Å². The molecule has 2 aromatic heterocycles. The van der Waals surface area contributed by atoms with Gasteiger partial charge in [-0.25, -0.2) is 4.39 Å². The van der Waals surface area contributed by atoms with E-state index in [1.54, 1.807) is 11.8 Å². The van der Waals surface area contributed by atoms with Gasteiger partial charge in [0, 0.05) is 25.8 Å². The van der Waals surface area contributed by atoms with Crippen LogP contribution >= 0.6 is 0 Å². The van der Waals surface area contributed by atoms with E-state index in [1.165, 1.54) is 12.3 Å². The number of hydrogen-bond acceptors (Lipinski definition) is 6. The molecule has 7 nitrogen and oxygen atoms in total. The minimum atomic E-state index is -0.614. The molecule has 1 aliphatic rings. The number of aryl methyl sites for hydroxylation is 1. The first-order valence-corrected chi connectivity index (χ1v) is 6.95. The first kappa shape index (κ1) is 14.6. The SMILES string of the molecule is Cc1noc([C@@H]2CN(C(=O)c3ccncc3F)CCN2C)n1. The van der Waals surface area contributed by atoms with Crippen LogP contribution < -0.4 is 0 Å². The van der Waals surface area contributed by atoms with Crippen LogP contribution in [0.25, 0.3) is 0 Å². The Kier molecular flexibility index (Phi) is 3.84. The number of pyridine rings is 1. The summed E-state index contributed by atoms with van der Waals surface area (Å²) in [5.41, 5.74) is 0.0278. The van der Waals surface area contributed by atoms with E-state index in [-0.39, 0.29) is 17.5 Å². The van der Waals surface area contributed by atoms with Crippen LogP contribution in [-0.2, 0) is 0 Å². The first-order chi connectivity index (χ1) is 10.6. The van der Waals surface area contributed by atoms with Gasteiger partial charge in [-0.1, -0.05) is 5.16 Å². The lowest BCUT2D eigenvalue weighted by atomic mass is 10.1. The molecule has 0 aromatic carbocycles. The van der Waals surface area contributed by atoms with Crippen molar-refractivity contribution < 1.29 is 13.7 Å². The summed E-state index contributed by atoms with van der Waals surface area (Å²) in [7, 11) is 1.93. The molecule has 116 valence electrons. The molecule has 0 bridgehead atoms. The second-order valence-corrected chi connectivity index (χ2v) is 5.28. The zero-order valence-corrected chi connectivity index (χ0v) is 12.4. The van der Waals surface area contributed by atoms with Gasteiger partial charge < -0.3 is 9.42 Å². The average molecular weight is 305 g/mol. The molecule has 8 heteroatoms. The van der Waals surface area contributed by atoms with Gasteiger partial charge in [0.15, 0.2) is 11.6 Å². The van der Waals surface area contributed by atoms with Crippen molar-refractivity contribution in [3.63, 3.8) is 0 Å². The number of piperazine rings is 1. The predicted octanol–water partition coefficient (Wildman–Crippen LogP) is 1.04. The molecule has 1 aliphatic heterocycles. The molecule has 0 radical (unpaired) electrons. The molecule has 0 spiro atoms. The fourth-order valence-corrected chi connectivity index (χ4v) is 2.49. The van der Waals surface area contributed by atoms with Crippen molar-refractivity contribution in [3.8, 4) is 0 Å². The number of carbonyl (C=O) groups is 1. The highest BCUT2D eigenvalue weighted by atomic mass is 19.1. The number of hydrogen-bond donors (Lipinski definition) is 0. The maximum absolute atomic E-state index is 13.7. The van der Waals surface area contributed by atoms with Crippen LogP contribution in [0.1, 0.15) is 28.1 Å². The number of amides is 1. The summed E-state index contributed by atoms with van der Waals surface area (Å²) >= 11 is 0. The molecular weight excluding hydrogens is 289 g/mol. The zero-order valence-electron chi connectivity index (χ0n) is 12.4. The summed E-state index contributed by atoms with van der Waals surface area (Å²) in [6.45, 7) is 3.27. The van der Waals surface area contributed by atoms with Crippen LogP contribution in [0, 0.1) is 12.7 Å². The molecule has 1 atom stereocenters. The Labute approximate surface area is 126 Å². The van der Waals surface area contributed by atoms with Gasteiger partial charge in [0.2, 0.25) is 5.89 Å². The highest BCUT2D eigenvalue weighted by Crippen LogP contribution is 2.24. The van der Waals surface area contributed by atoms with Crippen LogP contribution in [0.4, 0.5) is 4.39 Å². The van der Waals surface area contributed by atoms with Gasteiger partial charge in [-0.05, 0) is 20.0 Å². The Morgan fingerprint density at radius 2 is 2.27 bits per heavy atom. The smallest absolute Gasteiger partial charge is 0.257 e. The largest absolute Gasteiger partial charge is 0.338 e. The lowest BCUT2D eigenvalue weighted by Gasteiger charge is -2.37. The summed E-state index contributed by atoms with van der Waals surface area (Å²) < 4.78 is 18.9. The molecule has 3 heterocycles. The van der Waals surface area contributed by atoms with Crippen LogP contribution in [-0.4, -0.2) is 57.5 Å². The second-order valence-electron chi connectivity index (χ2n) is 5.28. The van der Waals surface area contributed by atoms with Gasteiger partial charge in [0.05, 0.1) is 11.8 Å². The molecule has 0 unspecified atom stereocenters. The third kappa shape index (κ3) is 2.69. The van der Waals surface area contributed by atoms with E-state index in [0.29, 0.717) is 31.3 Å². The van der Waals surface area contributed by atoms with Crippen LogP contribution in [0.2, 0.25) is 0 Å². The molecule has 1 saturated heterocycles. The molecule has 3 rings (SSSR count). The number of halogens is 1. The van der Waals surface area contributed by atoms with E-state index < -0.39 is 5.82 Å². The Morgan fingerprint density at radius 1 is 1.45 bits per heavy atom. The van der Waals surface area contributed by atoms with Crippen molar-refractivity contribution in [1.29, 1.82) is 0 Å². The molecule has 2 aromatic rings. The lowest BCUT2D eigenvalue weighted by Crippen LogP contribution is -2.49. The molecule has 1 fully saturated rings. The van der Waals surface area contributed by atoms with Crippen molar-refractivity contribution in [3.05, 3.63) is 41.6 Å². The highest BCUT2D eigenvalue weighted by molar-refractivity contribution is 5.94. The monoisotopic (exact) mass is 305 g/mol.